The number of furan rings is 1. The zero-order valence-corrected chi connectivity index (χ0v) is 14.3. The molecular weight excluding hydrogens is 350 g/mol. The zero-order valence-electron chi connectivity index (χ0n) is 14.3. The largest absolute Gasteiger partial charge is 0.497 e. The molecule has 0 saturated carbocycles. The minimum absolute atomic E-state index is 0.0191. The molecule has 2 N–H and O–H groups in total. The number of rotatable bonds is 6. The number of hydrogen-bond donors (Lipinski definition) is 2. The molecule has 4 aromatic rings. The van der Waals surface area contributed by atoms with Gasteiger partial charge in [-0.25, -0.2) is 5.10 Å². The molecule has 2 aromatic carbocycles. The maximum Gasteiger partial charge on any atom is 0.297 e. The number of carbonyl (C=O) groups is 1. The summed E-state index contributed by atoms with van der Waals surface area (Å²) in [5, 5.41) is 16.1. The molecule has 0 atom stereocenters. The number of tetrazole rings is 1. The van der Waals surface area contributed by atoms with Crippen molar-refractivity contribution in [2.24, 2.45) is 0 Å². The van der Waals surface area contributed by atoms with Crippen LogP contribution in [0.4, 0.5) is 5.95 Å². The minimum atomic E-state index is -0.535. The van der Waals surface area contributed by atoms with Crippen LogP contribution in [-0.4, -0.2) is 33.6 Å². The highest BCUT2D eigenvalue weighted by Gasteiger charge is 2.23. The van der Waals surface area contributed by atoms with Crippen LogP contribution in [0.25, 0.3) is 11.0 Å². The van der Waals surface area contributed by atoms with Gasteiger partial charge in [0.15, 0.2) is 5.75 Å². The molecule has 2 heterocycles. The van der Waals surface area contributed by atoms with Gasteiger partial charge in [0.05, 0.1) is 12.5 Å². The Morgan fingerprint density at radius 2 is 2.07 bits per heavy atom. The van der Waals surface area contributed by atoms with Crippen molar-refractivity contribution < 1.29 is 18.7 Å². The molecule has 9 nitrogen and oxygen atoms in total. The summed E-state index contributed by atoms with van der Waals surface area (Å²) in [5.74, 6) is 0.529. The van der Waals surface area contributed by atoms with E-state index in [1.807, 2.05) is 30.3 Å². The molecule has 0 aliphatic rings. The average Bonchev–Trinajstić information content (AvgIpc) is 3.34. The SMILES string of the molecule is COc1ccc2oc(C(=O)Nc3nnn[nH]3)c(OCc3ccccc3)c2c1. The van der Waals surface area contributed by atoms with E-state index in [4.69, 9.17) is 13.9 Å². The average molecular weight is 365 g/mol. The molecule has 27 heavy (non-hydrogen) atoms. The van der Waals surface area contributed by atoms with Crippen LogP contribution in [0.15, 0.2) is 52.9 Å². The number of anilines is 1. The third-order valence-corrected chi connectivity index (χ3v) is 3.86. The molecular formula is C18H15N5O4. The van der Waals surface area contributed by atoms with Crippen molar-refractivity contribution in [2.45, 2.75) is 6.61 Å². The summed E-state index contributed by atoms with van der Waals surface area (Å²) in [7, 11) is 1.57. The van der Waals surface area contributed by atoms with Crippen LogP contribution >= 0.6 is 0 Å². The second kappa shape index (κ2) is 7.16. The molecule has 0 unspecified atom stereocenters. The van der Waals surface area contributed by atoms with Gasteiger partial charge in [0.25, 0.3) is 5.91 Å². The van der Waals surface area contributed by atoms with Crippen molar-refractivity contribution in [1.82, 2.24) is 20.6 Å². The molecule has 0 aliphatic carbocycles. The number of nitrogens with one attached hydrogen (secondary N) is 2. The number of aromatic nitrogens is 4. The maximum atomic E-state index is 12.6. The molecule has 0 fully saturated rings. The first-order chi connectivity index (χ1) is 13.2. The van der Waals surface area contributed by atoms with Crippen LogP contribution in [0.1, 0.15) is 16.1 Å². The Hall–Kier alpha value is -3.88. The number of benzene rings is 2. The number of fused-ring (bicyclic) bond motifs is 1. The number of carbonyl (C=O) groups excluding carboxylic acids is 1. The van der Waals surface area contributed by atoms with Gasteiger partial charge in [-0.3, -0.25) is 10.1 Å². The van der Waals surface area contributed by atoms with E-state index in [-0.39, 0.29) is 18.3 Å². The van der Waals surface area contributed by atoms with E-state index in [1.54, 1.807) is 25.3 Å². The molecule has 0 bridgehead atoms. The van der Waals surface area contributed by atoms with Gasteiger partial charge in [0.1, 0.15) is 17.9 Å². The highest BCUT2D eigenvalue weighted by molar-refractivity contribution is 6.07. The Balaban J connectivity index is 1.71. The first-order valence-corrected chi connectivity index (χ1v) is 8.07. The normalized spacial score (nSPS) is 10.7. The third-order valence-electron chi connectivity index (χ3n) is 3.86. The van der Waals surface area contributed by atoms with E-state index in [1.165, 1.54) is 0 Å². The lowest BCUT2D eigenvalue weighted by atomic mass is 10.2. The third kappa shape index (κ3) is 3.43. The summed E-state index contributed by atoms with van der Waals surface area (Å²) < 4.78 is 16.9. The van der Waals surface area contributed by atoms with E-state index >= 15 is 0 Å². The van der Waals surface area contributed by atoms with Crippen molar-refractivity contribution in [3.63, 3.8) is 0 Å². The Kier molecular flexibility index (Phi) is 4.40. The summed E-state index contributed by atoms with van der Waals surface area (Å²) in [4.78, 5) is 12.6. The monoisotopic (exact) mass is 365 g/mol. The summed E-state index contributed by atoms with van der Waals surface area (Å²) in [5.41, 5.74) is 1.46. The first-order valence-electron chi connectivity index (χ1n) is 8.07. The fraction of sp³-hybridized carbons (Fsp3) is 0.111. The molecule has 9 heteroatoms. The number of aromatic amines is 1. The number of nitrogens with zero attached hydrogens (tertiary/aromatic N) is 3. The van der Waals surface area contributed by atoms with Gasteiger partial charge in [-0.1, -0.05) is 35.4 Å². The van der Waals surface area contributed by atoms with Crippen molar-refractivity contribution >= 4 is 22.8 Å². The lowest BCUT2D eigenvalue weighted by molar-refractivity contribution is 0.0991. The van der Waals surface area contributed by atoms with Crippen molar-refractivity contribution in [3.8, 4) is 11.5 Å². The van der Waals surface area contributed by atoms with Gasteiger partial charge in [-0.05, 0) is 34.2 Å². The van der Waals surface area contributed by atoms with E-state index in [9.17, 15) is 4.79 Å². The van der Waals surface area contributed by atoms with Crippen LogP contribution < -0.4 is 14.8 Å². The summed E-state index contributed by atoms with van der Waals surface area (Å²) >= 11 is 0. The smallest absolute Gasteiger partial charge is 0.297 e. The summed E-state index contributed by atoms with van der Waals surface area (Å²) in [6.45, 7) is 0.275. The Morgan fingerprint density at radius 1 is 1.22 bits per heavy atom. The van der Waals surface area contributed by atoms with E-state index in [0.29, 0.717) is 22.5 Å². The zero-order chi connectivity index (χ0) is 18.6. The summed E-state index contributed by atoms with van der Waals surface area (Å²) in [6.07, 6.45) is 0. The fourth-order valence-electron chi connectivity index (χ4n) is 2.58. The van der Waals surface area contributed by atoms with E-state index < -0.39 is 5.91 Å². The number of amides is 1. The van der Waals surface area contributed by atoms with Crippen LogP contribution in [-0.2, 0) is 6.61 Å². The van der Waals surface area contributed by atoms with Gasteiger partial charge >= 0.3 is 0 Å². The van der Waals surface area contributed by atoms with Gasteiger partial charge in [-0.15, -0.1) is 0 Å². The lowest BCUT2D eigenvalue weighted by Crippen LogP contribution is -2.13. The Bertz CT molecular complexity index is 1060. The molecule has 0 radical (unpaired) electrons. The number of H-pyrrole nitrogens is 1. The Labute approximate surface area is 153 Å². The predicted molar refractivity (Wildman–Crippen MR) is 95.7 cm³/mol. The number of methoxy groups -OCH3 is 1. The number of ether oxygens (including phenoxy) is 2. The van der Waals surface area contributed by atoms with E-state index in [0.717, 1.165) is 5.56 Å². The lowest BCUT2D eigenvalue weighted by Gasteiger charge is -2.07. The van der Waals surface area contributed by atoms with Crippen LogP contribution in [0.5, 0.6) is 11.5 Å². The molecule has 136 valence electrons. The van der Waals surface area contributed by atoms with Gasteiger partial charge < -0.3 is 13.9 Å². The first kappa shape index (κ1) is 16.6. The standard InChI is InChI=1S/C18H15N5O4/c1-25-12-7-8-14-13(9-12)15(26-10-11-5-3-2-4-6-11)16(27-14)17(24)19-18-20-22-23-21-18/h2-9H,10H2,1H3,(H2,19,20,21,22,23,24). The summed E-state index contributed by atoms with van der Waals surface area (Å²) in [6, 6.07) is 14.8. The Morgan fingerprint density at radius 3 is 2.81 bits per heavy atom. The molecule has 0 spiro atoms. The van der Waals surface area contributed by atoms with Gasteiger partial charge in [0, 0.05) is 0 Å². The highest BCUT2D eigenvalue weighted by Crippen LogP contribution is 2.36. The van der Waals surface area contributed by atoms with Gasteiger partial charge in [0.2, 0.25) is 11.7 Å². The van der Waals surface area contributed by atoms with Crippen LogP contribution in [0.3, 0.4) is 0 Å². The predicted octanol–water partition coefficient (Wildman–Crippen LogP) is 2.79. The molecule has 0 aliphatic heterocycles. The van der Waals surface area contributed by atoms with E-state index in [2.05, 4.69) is 25.9 Å². The fourth-order valence-corrected chi connectivity index (χ4v) is 2.58. The van der Waals surface area contributed by atoms with Crippen LogP contribution in [0.2, 0.25) is 0 Å². The van der Waals surface area contributed by atoms with Crippen LogP contribution in [0, 0.1) is 0 Å². The minimum Gasteiger partial charge on any atom is -0.497 e. The molecule has 4 rings (SSSR count). The second-order valence-corrected chi connectivity index (χ2v) is 5.60. The van der Waals surface area contributed by atoms with Crippen molar-refractivity contribution in [2.75, 3.05) is 12.4 Å². The molecule has 1 amide bonds. The number of hydrogen-bond acceptors (Lipinski definition) is 7. The quantitative estimate of drug-likeness (QED) is 0.540. The van der Waals surface area contributed by atoms with Crippen molar-refractivity contribution in [1.29, 1.82) is 0 Å². The molecule has 2 aromatic heterocycles. The van der Waals surface area contributed by atoms with Crippen molar-refractivity contribution in [3.05, 3.63) is 59.9 Å². The van der Waals surface area contributed by atoms with Gasteiger partial charge in [-0.2, -0.15) is 0 Å². The maximum absolute atomic E-state index is 12.6. The second-order valence-electron chi connectivity index (χ2n) is 5.60. The highest BCUT2D eigenvalue weighted by atomic mass is 16.5. The topological polar surface area (TPSA) is 115 Å². The molecule has 0 saturated heterocycles.